The second-order valence-corrected chi connectivity index (χ2v) is 14.2. The van der Waals surface area contributed by atoms with Crippen molar-refractivity contribution in [3.63, 3.8) is 0 Å². The SMILES string of the molecule is c1ccc(-c2ccc(N(c3ccc(-c4ccc5c(ccc6cc(-c7ccccc7)ccc65)c4)cc3)c3ccc(-c4cccc5ccccc45)cc3)cc2)cc1. The third-order valence-corrected chi connectivity index (χ3v) is 10.9. The standard InChI is InChI=1S/C54H37N/c1-3-10-38(11-4-1)40-20-28-48(29-21-40)55(50-32-24-43(25-33-50)52-17-9-15-42-14-7-8-16-51(42)52)49-30-22-41(23-31-49)45-27-35-54-47(37-45)19-18-46-36-44(26-34-53(46)54)39-12-5-2-6-13-39/h1-37H. The molecule has 10 aromatic rings. The van der Waals surface area contributed by atoms with E-state index in [0.717, 1.165) is 17.1 Å². The van der Waals surface area contributed by atoms with Gasteiger partial charge in [0.1, 0.15) is 0 Å². The van der Waals surface area contributed by atoms with Gasteiger partial charge in [0.2, 0.25) is 0 Å². The first-order chi connectivity index (χ1) is 27.2. The van der Waals surface area contributed by atoms with Crippen LogP contribution in [0, 0.1) is 0 Å². The Balaban J connectivity index is 0.995. The van der Waals surface area contributed by atoms with Gasteiger partial charge in [0.25, 0.3) is 0 Å². The maximum Gasteiger partial charge on any atom is 0.0462 e. The van der Waals surface area contributed by atoms with Crippen LogP contribution in [0.1, 0.15) is 0 Å². The van der Waals surface area contributed by atoms with Crippen molar-refractivity contribution in [1.82, 2.24) is 0 Å². The van der Waals surface area contributed by atoms with Crippen molar-refractivity contribution in [1.29, 1.82) is 0 Å². The van der Waals surface area contributed by atoms with Gasteiger partial charge in [-0.1, -0.05) is 176 Å². The molecule has 10 rings (SSSR count). The summed E-state index contributed by atoms with van der Waals surface area (Å²) < 4.78 is 0. The molecule has 0 fully saturated rings. The number of benzene rings is 10. The summed E-state index contributed by atoms with van der Waals surface area (Å²) in [7, 11) is 0. The number of anilines is 3. The summed E-state index contributed by atoms with van der Waals surface area (Å²) in [6.07, 6.45) is 0. The molecule has 0 heterocycles. The lowest BCUT2D eigenvalue weighted by Crippen LogP contribution is -2.09. The number of hydrogen-bond donors (Lipinski definition) is 0. The van der Waals surface area contributed by atoms with Crippen LogP contribution in [0.4, 0.5) is 17.1 Å². The summed E-state index contributed by atoms with van der Waals surface area (Å²) >= 11 is 0. The predicted octanol–water partition coefficient (Wildman–Crippen LogP) is 15.3. The quantitative estimate of drug-likeness (QED) is 0.150. The molecule has 0 amide bonds. The van der Waals surface area contributed by atoms with Crippen molar-refractivity contribution in [3.05, 3.63) is 224 Å². The minimum atomic E-state index is 1.11. The monoisotopic (exact) mass is 699 g/mol. The Morgan fingerprint density at radius 3 is 1.16 bits per heavy atom. The molecule has 0 N–H and O–H groups in total. The maximum atomic E-state index is 2.35. The second-order valence-electron chi connectivity index (χ2n) is 14.2. The van der Waals surface area contributed by atoms with E-state index >= 15 is 0 Å². The fourth-order valence-electron chi connectivity index (χ4n) is 8.01. The van der Waals surface area contributed by atoms with Gasteiger partial charge in [-0.2, -0.15) is 0 Å². The smallest absolute Gasteiger partial charge is 0.0462 e. The van der Waals surface area contributed by atoms with Crippen LogP contribution >= 0.6 is 0 Å². The zero-order valence-electron chi connectivity index (χ0n) is 30.3. The Morgan fingerprint density at radius 1 is 0.218 bits per heavy atom. The molecule has 0 atom stereocenters. The Labute approximate surface area is 322 Å². The summed E-state index contributed by atoms with van der Waals surface area (Å²) in [6.45, 7) is 0. The molecule has 0 saturated heterocycles. The zero-order valence-corrected chi connectivity index (χ0v) is 30.3. The van der Waals surface area contributed by atoms with Crippen LogP contribution in [0.25, 0.3) is 76.8 Å². The highest BCUT2D eigenvalue weighted by Crippen LogP contribution is 2.39. The lowest BCUT2D eigenvalue weighted by molar-refractivity contribution is 1.28. The van der Waals surface area contributed by atoms with Crippen LogP contribution in [0.15, 0.2) is 224 Å². The Kier molecular flexibility index (Phi) is 8.24. The van der Waals surface area contributed by atoms with E-state index in [1.165, 1.54) is 76.8 Å². The van der Waals surface area contributed by atoms with Crippen LogP contribution in [0.5, 0.6) is 0 Å². The second kappa shape index (κ2) is 14.0. The van der Waals surface area contributed by atoms with E-state index in [-0.39, 0.29) is 0 Å². The van der Waals surface area contributed by atoms with E-state index < -0.39 is 0 Å². The molecule has 0 aliphatic heterocycles. The molecule has 10 aromatic carbocycles. The Hall–Kier alpha value is -7.22. The highest BCUT2D eigenvalue weighted by atomic mass is 15.1. The molecular formula is C54H37N. The van der Waals surface area contributed by atoms with Gasteiger partial charge < -0.3 is 4.90 Å². The van der Waals surface area contributed by atoms with E-state index in [2.05, 4.69) is 229 Å². The summed E-state index contributed by atoms with van der Waals surface area (Å²) in [5, 5.41) is 7.57. The summed E-state index contributed by atoms with van der Waals surface area (Å²) in [6, 6.07) is 81.4. The first-order valence-corrected chi connectivity index (χ1v) is 18.9. The minimum absolute atomic E-state index is 1.11. The van der Waals surface area contributed by atoms with Crippen molar-refractivity contribution < 1.29 is 0 Å². The molecular weight excluding hydrogens is 663 g/mol. The van der Waals surface area contributed by atoms with Gasteiger partial charge in [-0.25, -0.2) is 0 Å². The molecule has 0 radical (unpaired) electrons. The highest BCUT2D eigenvalue weighted by molar-refractivity contribution is 6.09. The molecule has 55 heavy (non-hydrogen) atoms. The molecule has 0 unspecified atom stereocenters. The van der Waals surface area contributed by atoms with Crippen molar-refractivity contribution in [2.45, 2.75) is 0 Å². The Bertz CT molecular complexity index is 2920. The van der Waals surface area contributed by atoms with E-state index in [0.29, 0.717) is 0 Å². The molecule has 1 heteroatoms. The van der Waals surface area contributed by atoms with E-state index in [1.807, 2.05) is 0 Å². The van der Waals surface area contributed by atoms with Crippen molar-refractivity contribution in [3.8, 4) is 44.5 Å². The van der Waals surface area contributed by atoms with Crippen molar-refractivity contribution in [2.75, 3.05) is 4.90 Å². The third-order valence-electron chi connectivity index (χ3n) is 10.9. The average molecular weight is 700 g/mol. The van der Waals surface area contributed by atoms with Gasteiger partial charge in [0.15, 0.2) is 0 Å². The maximum absolute atomic E-state index is 2.35. The average Bonchev–Trinajstić information content (AvgIpc) is 3.27. The molecule has 0 aromatic heterocycles. The molecule has 0 aliphatic carbocycles. The lowest BCUT2D eigenvalue weighted by Gasteiger charge is -2.26. The molecule has 0 saturated carbocycles. The first-order valence-electron chi connectivity index (χ1n) is 18.9. The minimum Gasteiger partial charge on any atom is -0.311 e. The lowest BCUT2D eigenvalue weighted by atomic mass is 9.95. The largest absolute Gasteiger partial charge is 0.311 e. The normalized spacial score (nSPS) is 11.3. The molecule has 1 nitrogen and oxygen atoms in total. The number of rotatable bonds is 7. The zero-order chi connectivity index (χ0) is 36.6. The summed E-state index contributed by atoms with van der Waals surface area (Å²) in [5.41, 5.74) is 13.1. The summed E-state index contributed by atoms with van der Waals surface area (Å²) in [4.78, 5) is 2.35. The molecule has 0 spiro atoms. The van der Waals surface area contributed by atoms with E-state index in [9.17, 15) is 0 Å². The van der Waals surface area contributed by atoms with Gasteiger partial charge in [-0.05, 0) is 125 Å². The fourth-order valence-corrected chi connectivity index (χ4v) is 8.01. The van der Waals surface area contributed by atoms with Crippen LogP contribution in [-0.2, 0) is 0 Å². The van der Waals surface area contributed by atoms with E-state index in [4.69, 9.17) is 0 Å². The van der Waals surface area contributed by atoms with Gasteiger partial charge in [0.05, 0.1) is 0 Å². The van der Waals surface area contributed by atoms with Gasteiger partial charge in [-0.15, -0.1) is 0 Å². The van der Waals surface area contributed by atoms with Crippen LogP contribution < -0.4 is 4.90 Å². The van der Waals surface area contributed by atoms with Crippen molar-refractivity contribution in [2.24, 2.45) is 0 Å². The summed E-state index contributed by atoms with van der Waals surface area (Å²) in [5.74, 6) is 0. The van der Waals surface area contributed by atoms with E-state index in [1.54, 1.807) is 0 Å². The van der Waals surface area contributed by atoms with Gasteiger partial charge in [-0.3, -0.25) is 0 Å². The van der Waals surface area contributed by atoms with Crippen molar-refractivity contribution >= 4 is 49.4 Å². The Morgan fingerprint density at radius 2 is 0.618 bits per heavy atom. The number of nitrogens with zero attached hydrogens (tertiary/aromatic N) is 1. The number of hydrogen-bond acceptors (Lipinski definition) is 1. The van der Waals surface area contributed by atoms with Crippen LogP contribution in [-0.4, -0.2) is 0 Å². The fraction of sp³-hybridized carbons (Fsp3) is 0. The predicted molar refractivity (Wildman–Crippen MR) is 235 cm³/mol. The van der Waals surface area contributed by atoms with Crippen LogP contribution in [0.3, 0.4) is 0 Å². The van der Waals surface area contributed by atoms with Gasteiger partial charge in [0, 0.05) is 17.1 Å². The number of fused-ring (bicyclic) bond motifs is 4. The topological polar surface area (TPSA) is 3.24 Å². The highest BCUT2D eigenvalue weighted by Gasteiger charge is 2.15. The first kappa shape index (κ1) is 32.4. The van der Waals surface area contributed by atoms with Gasteiger partial charge >= 0.3 is 0 Å². The molecule has 0 bridgehead atoms. The molecule has 258 valence electrons. The van der Waals surface area contributed by atoms with Crippen LogP contribution in [0.2, 0.25) is 0 Å². The third kappa shape index (κ3) is 6.22. The molecule has 0 aliphatic rings.